The lowest BCUT2D eigenvalue weighted by Gasteiger charge is -2.24. The molecule has 12 heteroatoms. The Morgan fingerprint density at radius 3 is 2.25 bits per heavy atom. The van der Waals surface area contributed by atoms with Crippen molar-refractivity contribution in [2.24, 2.45) is 5.10 Å². The van der Waals surface area contributed by atoms with E-state index in [0.29, 0.717) is 16.3 Å². The topological polar surface area (TPSA) is 114 Å². The Morgan fingerprint density at radius 1 is 1.00 bits per heavy atom. The molecular weight excluding hydrogens is 577 g/mol. The summed E-state index contributed by atoms with van der Waals surface area (Å²) in [4.78, 5) is 24.6. The van der Waals surface area contributed by atoms with Gasteiger partial charge < -0.3 is 9.47 Å². The minimum absolute atomic E-state index is 0.00519. The molecule has 0 radical (unpaired) electrons. The number of amides is 1. The summed E-state index contributed by atoms with van der Waals surface area (Å²) in [6, 6.07) is 17.1. The lowest BCUT2D eigenvalue weighted by atomic mass is 10.2. The number of sulfonamides is 1. The minimum atomic E-state index is -4.16. The van der Waals surface area contributed by atoms with Crippen molar-refractivity contribution in [3.05, 3.63) is 87.9 Å². The number of carbonyl (C=O) groups excluding carboxylic acids is 2. The average molecular weight is 607 g/mol. The summed E-state index contributed by atoms with van der Waals surface area (Å²) in [7, 11) is -4.16. The van der Waals surface area contributed by atoms with Gasteiger partial charge in [0.25, 0.3) is 15.9 Å². The van der Waals surface area contributed by atoms with Crippen LogP contribution in [0.3, 0.4) is 0 Å². The van der Waals surface area contributed by atoms with E-state index in [1.807, 2.05) is 6.92 Å². The molecule has 0 unspecified atom stereocenters. The molecule has 0 aromatic heterocycles. The smallest absolute Gasteiger partial charge is 0.344 e. The molecule has 40 heavy (non-hydrogen) atoms. The zero-order valence-corrected chi connectivity index (χ0v) is 24.7. The number of anilines is 1. The first-order chi connectivity index (χ1) is 18.7. The van der Waals surface area contributed by atoms with Crippen molar-refractivity contribution >= 4 is 57.0 Å². The molecule has 0 heterocycles. The highest BCUT2D eigenvalue weighted by atomic mass is 35.5. The Labute approximate surface area is 243 Å². The Bertz CT molecular complexity index is 1490. The number of halogens is 2. The minimum Gasteiger partial charge on any atom is -0.482 e. The Hall–Kier alpha value is -3.60. The Morgan fingerprint density at radius 2 is 1.65 bits per heavy atom. The van der Waals surface area contributed by atoms with Gasteiger partial charge in [-0.15, -0.1) is 0 Å². The molecule has 0 saturated heterocycles. The van der Waals surface area contributed by atoms with Crippen LogP contribution < -0.4 is 14.5 Å². The number of carbonyl (C=O) groups is 2. The predicted octanol–water partition coefficient (Wildman–Crippen LogP) is 5.37. The highest BCUT2D eigenvalue weighted by Gasteiger charge is 2.29. The van der Waals surface area contributed by atoms with Crippen molar-refractivity contribution in [1.82, 2.24) is 5.43 Å². The van der Waals surface area contributed by atoms with E-state index in [9.17, 15) is 18.0 Å². The first-order valence-electron chi connectivity index (χ1n) is 12.1. The van der Waals surface area contributed by atoms with E-state index >= 15 is 0 Å². The third kappa shape index (κ3) is 8.97. The van der Waals surface area contributed by atoms with Gasteiger partial charge in [-0.2, -0.15) is 5.10 Å². The number of benzene rings is 3. The number of hydrogen-bond acceptors (Lipinski definition) is 7. The second kappa shape index (κ2) is 13.2. The fraction of sp³-hybridized carbons (Fsp3) is 0.250. The van der Waals surface area contributed by atoms with Crippen molar-refractivity contribution in [2.45, 2.75) is 38.2 Å². The molecule has 0 aliphatic carbocycles. The summed E-state index contributed by atoms with van der Waals surface area (Å²) >= 11 is 12.3. The number of hydrogen-bond donors (Lipinski definition) is 1. The number of aryl methyl sites for hydroxylation is 1. The van der Waals surface area contributed by atoms with Crippen LogP contribution in [0.1, 0.15) is 31.9 Å². The van der Waals surface area contributed by atoms with Crippen LogP contribution in [0.4, 0.5) is 5.69 Å². The van der Waals surface area contributed by atoms with E-state index in [4.69, 9.17) is 32.7 Å². The van der Waals surface area contributed by atoms with Gasteiger partial charge in [-0.1, -0.05) is 40.9 Å². The van der Waals surface area contributed by atoms with Gasteiger partial charge in [0, 0.05) is 5.02 Å². The van der Waals surface area contributed by atoms with Crippen molar-refractivity contribution in [3.8, 4) is 5.75 Å². The van der Waals surface area contributed by atoms with Gasteiger partial charge in [-0.05, 0) is 87.9 Å². The van der Waals surface area contributed by atoms with Crippen LogP contribution in [-0.2, 0) is 24.3 Å². The van der Waals surface area contributed by atoms with E-state index in [0.717, 1.165) is 9.87 Å². The Kier molecular flexibility index (Phi) is 10.2. The third-order valence-corrected chi connectivity index (χ3v) is 7.45. The first-order valence-corrected chi connectivity index (χ1v) is 14.3. The molecule has 0 bridgehead atoms. The van der Waals surface area contributed by atoms with Crippen LogP contribution in [-0.4, -0.2) is 45.3 Å². The summed E-state index contributed by atoms with van der Waals surface area (Å²) in [5.74, 6) is -0.738. The van der Waals surface area contributed by atoms with Gasteiger partial charge in [-0.25, -0.2) is 18.6 Å². The maximum absolute atomic E-state index is 13.5. The van der Waals surface area contributed by atoms with E-state index in [1.165, 1.54) is 36.5 Å². The predicted molar refractivity (Wildman–Crippen MR) is 156 cm³/mol. The monoisotopic (exact) mass is 605 g/mol. The molecule has 0 fully saturated rings. The molecular formula is C28H29Cl2N3O6S. The van der Waals surface area contributed by atoms with Crippen LogP contribution in [0.5, 0.6) is 5.75 Å². The summed E-state index contributed by atoms with van der Waals surface area (Å²) in [5.41, 5.74) is 3.32. The number of esters is 1. The number of hydrazone groups is 1. The number of nitrogens with one attached hydrogen (secondary N) is 1. The molecule has 0 aliphatic heterocycles. The normalized spacial score (nSPS) is 11.8. The quantitative estimate of drug-likeness (QED) is 0.189. The van der Waals surface area contributed by atoms with E-state index in [2.05, 4.69) is 10.5 Å². The molecule has 1 N–H and O–H groups in total. The maximum atomic E-state index is 13.5. The molecule has 0 spiro atoms. The fourth-order valence-corrected chi connectivity index (χ4v) is 5.33. The lowest BCUT2D eigenvalue weighted by molar-refractivity contribution is -0.157. The second-order valence-electron chi connectivity index (χ2n) is 9.66. The van der Waals surface area contributed by atoms with Gasteiger partial charge in [0.05, 0.1) is 21.8 Å². The van der Waals surface area contributed by atoms with Crippen molar-refractivity contribution < 1.29 is 27.5 Å². The second-order valence-corrected chi connectivity index (χ2v) is 12.4. The highest BCUT2D eigenvalue weighted by Crippen LogP contribution is 2.32. The average Bonchev–Trinajstić information content (AvgIpc) is 2.86. The van der Waals surface area contributed by atoms with Crippen LogP contribution in [0.15, 0.2) is 76.7 Å². The number of rotatable bonds is 10. The van der Waals surface area contributed by atoms with Gasteiger partial charge >= 0.3 is 5.97 Å². The largest absolute Gasteiger partial charge is 0.482 e. The van der Waals surface area contributed by atoms with E-state index < -0.39 is 34.0 Å². The molecule has 3 aromatic rings. The van der Waals surface area contributed by atoms with Crippen molar-refractivity contribution in [3.63, 3.8) is 0 Å². The van der Waals surface area contributed by atoms with Gasteiger partial charge in [-0.3, -0.25) is 9.10 Å². The molecule has 0 aliphatic rings. The summed E-state index contributed by atoms with van der Waals surface area (Å²) in [6.07, 6.45) is 1.38. The summed E-state index contributed by atoms with van der Waals surface area (Å²) in [5, 5.41) is 4.30. The van der Waals surface area contributed by atoms with E-state index in [-0.39, 0.29) is 22.2 Å². The lowest BCUT2D eigenvalue weighted by Crippen LogP contribution is -2.39. The molecule has 1 amide bonds. The van der Waals surface area contributed by atoms with Crippen LogP contribution in [0, 0.1) is 6.92 Å². The third-order valence-electron chi connectivity index (χ3n) is 5.13. The summed E-state index contributed by atoms with van der Waals surface area (Å²) in [6.45, 7) is 6.31. The molecule has 9 nitrogen and oxygen atoms in total. The molecule has 3 aromatic carbocycles. The zero-order chi connectivity index (χ0) is 29.5. The molecule has 3 rings (SSSR count). The zero-order valence-electron chi connectivity index (χ0n) is 22.4. The summed E-state index contributed by atoms with van der Waals surface area (Å²) < 4.78 is 38.5. The standard InChI is InChI=1S/C28H29Cl2N3O6S/c1-19-5-12-23(13-6-19)40(36,37)33(25-14-9-21(29)15-24(25)30)17-26(34)32-31-16-20-7-10-22(11-8-20)38-18-27(35)39-28(2,3)4/h5-16H,17-18H2,1-4H3,(H,32,34)/b31-16+. The van der Waals surface area contributed by atoms with Crippen LogP contribution >= 0.6 is 23.2 Å². The van der Waals surface area contributed by atoms with Gasteiger partial charge in [0.1, 0.15) is 17.9 Å². The number of ether oxygens (including phenoxy) is 2. The van der Waals surface area contributed by atoms with Crippen molar-refractivity contribution in [2.75, 3.05) is 17.5 Å². The van der Waals surface area contributed by atoms with Crippen LogP contribution in [0.25, 0.3) is 0 Å². The molecule has 212 valence electrons. The maximum Gasteiger partial charge on any atom is 0.344 e. The van der Waals surface area contributed by atoms with Gasteiger partial charge in [0.2, 0.25) is 0 Å². The molecule has 0 saturated carbocycles. The first kappa shape index (κ1) is 30.9. The fourth-order valence-electron chi connectivity index (χ4n) is 3.33. The SMILES string of the molecule is Cc1ccc(S(=O)(=O)N(CC(=O)N/N=C/c2ccc(OCC(=O)OC(C)(C)C)cc2)c2ccc(Cl)cc2Cl)cc1. The number of nitrogens with zero attached hydrogens (tertiary/aromatic N) is 2. The van der Waals surface area contributed by atoms with Crippen molar-refractivity contribution in [1.29, 1.82) is 0 Å². The molecule has 0 atom stereocenters. The highest BCUT2D eigenvalue weighted by molar-refractivity contribution is 7.92. The van der Waals surface area contributed by atoms with Gasteiger partial charge in [0.15, 0.2) is 6.61 Å². The van der Waals surface area contributed by atoms with Crippen LogP contribution in [0.2, 0.25) is 10.0 Å². The Balaban J connectivity index is 1.68. The van der Waals surface area contributed by atoms with E-state index in [1.54, 1.807) is 57.2 Å².